The molecule has 0 bridgehead atoms. The number of barbiturate groups is 1. The molecule has 0 spiro atoms. The molecule has 0 aromatic heterocycles. The molecule has 1 heterocycles. The van der Waals surface area contributed by atoms with Crippen molar-refractivity contribution in [1.29, 1.82) is 0 Å². The lowest BCUT2D eigenvalue weighted by atomic mass is 10.1. The Labute approximate surface area is 191 Å². The standard InChI is InChI=1S/C21H17BrCl2N2O4/c1-11(2)10-30-18-12(7-14(23)9-17(18)24)8-16-19(27)25-21(29)26(20(16)28)15-5-3-13(22)4-6-15/h3-9,11H,10H2,1-2H3,(H,25,27,29)/b16-8+. The number of anilines is 1. The van der Waals surface area contributed by atoms with Crippen molar-refractivity contribution in [1.82, 2.24) is 5.32 Å². The predicted molar refractivity (Wildman–Crippen MR) is 120 cm³/mol. The molecule has 4 amide bonds. The highest BCUT2D eigenvalue weighted by atomic mass is 79.9. The lowest BCUT2D eigenvalue weighted by molar-refractivity contribution is -0.122. The summed E-state index contributed by atoms with van der Waals surface area (Å²) in [5.74, 6) is -1.06. The quantitative estimate of drug-likeness (QED) is 0.427. The molecule has 156 valence electrons. The number of imide groups is 2. The summed E-state index contributed by atoms with van der Waals surface area (Å²) in [5, 5.41) is 2.75. The Kier molecular flexibility index (Phi) is 6.85. The van der Waals surface area contributed by atoms with E-state index < -0.39 is 17.8 Å². The van der Waals surface area contributed by atoms with E-state index in [0.717, 1.165) is 9.37 Å². The molecule has 0 unspecified atom stereocenters. The van der Waals surface area contributed by atoms with E-state index in [1.807, 2.05) is 13.8 Å². The Morgan fingerprint density at radius 1 is 1.13 bits per heavy atom. The Bertz CT molecular complexity index is 1050. The highest BCUT2D eigenvalue weighted by molar-refractivity contribution is 9.10. The smallest absolute Gasteiger partial charge is 0.335 e. The van der Waals surface area contributed by atoms with Crippen LogP contribution in [-0.2, 0) is 9.59 Å². The van der Waals surface area contributed by atoms with Crippen molar-refractivity contribution >= 4 is 68.7 Å². The van der Waals surface area contributed by atoms with Gasteiger partial charge in [0.2, 0.25) is 0 Å². The summed E-state index contributed by atoms with van der Waals surface area (Å²) < 4.78 is 6.56. The van der Waals surface area contributed by atoms with Crippen LogP contribution in [0, 0.1) is 5.92 Å². The zero-order chi connectivity index (χ0) is 22.0. The van der Waals surface area contributed by atoms with E-state index in [1.54, 1.807) is 24.3 Å². The first-order chi connectivity index (χ1) is 14.2. The third-order valence-corrected chi connectivity index (χ3v) is 5.11. The molecule has 0 radical (unpaired) electrons. The summed E-state index contributed by atoms with van der Waals surface area (Å²) in [6, 6.07) is 8.77. The van der Waals surface area contributed by atoms with Gasteiger partial charge in [0.25, 0.3) is 11.8 Å². The number of nitrogens with zero attached hydrogens (tertiary/aromatic N) is 1. The zero-order valence-electron chi connectivity index (χ0n) is 16.0. The molecule has 2 aromatic carbocycles. The van der Waals surface area contributed by atoms with Gasteiger partial charge in [0.05, 0.1) is 17.3 Å². The fourth-order valence-corrected chi connectivity index (χ4v) is 3.56. The van der Waals surface area contributed by atoms with Gasteiger partial charge in [0.1, 0.15) is 11.3 Å². The Balaban J connectivity index is 2.05. The van der Waals surface area contributed by atoms with Gasteiger partial charge in [-0.3, -0.25) is 14.9 Å². The van der Waals surface area contributed by atoms with Crippen molar-refractivity contribution in [2.45, 2.75) is 13.8 Å². The van der Waals surface area contributed by atoms with Crippen LogP contribution in [0.2, 0.25) is 10.0 Å². The summed E-state index contributed by atoms with van der Waals surface area (Å²) >= 11 is 15.7. The van der Waals surface area contributed by atoms with Crippen molar-refractivity contribution in [3.8, 4) is 5.75 Å². The van der Waals surface area contributed by atoms with Gasteiger partial charge in [-0.1, -0.05) is 53.0 Å². The maximum atomic E-state index is 13.0. The fourth-order valence-electron chi connectivity index (χ4n) is 2.73. The maximum Gasteiger partial charge on any atom is 0.335 e. The number of halogens is 3. The molecular weight excluding hydrogens is 495 g/mol. The highest BCUT2D eigenvalue weighted by Gasteiger charge is 2.37. The predicted octanol–water partition coefficient (Wildman–Crippen LogP) is 5.46. The summed E-state index contributed by atoms with van der Waals surface area (Å²) in [4.78, 5) is 38.7. The summed E-state index contributed by atoms with van der Waals surface area (Å²) in [7, 11) is 0. The Hall–Kier alpha value is -2.35. The first kappa shape index (κ1) is 22.3. The molecule has 3 rings (SSSR count). The summed E-state index contributed by atoms with van der Waals surface area (Å²) in [5.41, 5.74) is 0.432. The van der Waals surface area contributed by atoms with Crippen molar-refractivity contribution in [2.24, 2.45) is 5.92 Å². The zero-order valence-corrected chi connectivity index (χ0v) is 19.1. The van der Waals surface area contributed by atoms with Crippen LogP contribution in [0.1, 0.15) is 19.4 Å². The average Bonchev–Trinajstić information content (AvgIpc) is 2.65. The normalized spacial score (nSPS) is 15.7. The molecule has 1 fully saturated rings. The molecule has 0 aliphatic carbocycles. The van der Waals surface area contributed by atoms with Gasteiger partial charge in [-0.2, -0.15) is 0 Å². The minimum Gasteiger partial charge on any atom is -0.491 e. The fraction of sp³-hybridized carbons (Fsp3) is 0.190. The van der Waals surface area contributed by atoms with Gasteiger partial charge >= 0.3 is 6.03 Å². The Morgan fingerprint density at radius 2 is 1.80 bits per heavy atom. The largest absolute Gasteiger partial charge is 0.491 e. The second kappa shape index (κ2) is 9.20. The number of urea groups is 1. The molecule has 1 saturated heterocycles. The summed E-state index contributed by atoms with van der Waals surface area (Å²) in [6.07, 6.45) is 1.32. The van der Waals surface area contributed by atoms with E-state index in [4.69, 9.17) is 27.9 Å². The van der Waals surface area contributed by atoms with Crippen LogP contribution in [0.25, 0.3) is 6.08 Å². The molecule has 6 nitrogen and oxygen atoms in total. The van der Waals surface area contributed by atoms with E-state index in [2.05, 4.69) is 21.2 Å². The van der Waals surface area contributed by atoms with Crippen LogP contribution < -0.4 is 15.0 Å². The minimum atomic E-state index is -0.829. The SMILES string of the molecule is CC(C)COc1c(Cl)cc(Cl)cc1/C=C1\C(=O)NC(=O)N(c2ccc(Br)cc2)C1=O. The molecule has 1 aliphatic rings. The number of nitrogens with one attached hydrogen (secondary N) is 1. The maximum absolute atomic E-state index is 13.0. The van der Waals surface area contributed by atoms with E-state index in [1.165, 1.54) is 18.2 Å². The van der Waals surface area contributed by atoms with Gasteiger partial charge in [0.15, 0.2) is 0 Å². The van der Waals surface area contributed by atoms with Crippen LogP contribution >= 0.6 is 39.1 Å². The van der Waals surface area contributed by atoms with Gasteiger partial charge < -0.3 is 4.74 Å². The van der Waals surface area contributed by atoms with Crippen molar-refractivity contribution in [3.63, 3.8) is 0 Å². The van der Waals surface area contributed by atoms with Crippen LogP contribution in [0.5, 0.6) is 5.75 Å². The summed E-state index contributed by atoms with van der Waals surface area (Å²) in [6.45, 7) is 4.32. The first-order valence-electron chi connectivity index (χ1n) is 8.96. The number of hydrogen-bond acceptors (Lipinski definition) is 4. The van der Waals surface area contributed by atoms with Gasteiger partial charge in [0, 0.05) is 15.1 Å². The topological polar surface area (TPSA) is 75.7 Å². The number of benzene rings is 2. The van der Waals surface area contributed by atoms with Gasteiger partial charge in [-0.05, 0) is 48.4 Å². The monoisotopic (exact) mass is 510 g/mol. The van der Waals surface area contributed by atoms with E-state index in [9.17, 15) is 14.4 Å². The number of hydrogen-bond donors (Lipinski definition) is 1. The number of carbonyl (C=O) groups is 3. The lowest BCUT2D eigenvalue weighted by Crippen LogP contribution is -2.54. The molecule has 0 atom stereocenters. The second-order valence-electron chi connectivity index (χ2n) is 6.95. The number of ether oxygens (including phenoxy) is 1. The van der Waals surface area contributed by atoms with Crippen LogP contribution in [0.15, 0.2) is 46.4 Å². The number of rotatable bonds is 5. The van der Waals surface area contributed by atoms with Gasteiger partial charge in [-0.15, -0.1) is 0 Å². The number of carbonyl (C=O) groups excluding carboxylic acids is 3. The first-order valence-corrected chi connectivity index (χ1v) is 10.5. The molecular formula is C21H17BrCl2N2O4. The van der Waals surface area contributed by atoms with Crippen LogP contribution in [-0.4, -0.2) is 24.5 Å². The molecule has 0 saturated carbocycles. The molecule has 9 heteroatoms. The van der Waals surface area contributed by atoms with Crippen molar-refractivity contribution in [2.75, 3.05) is 11.5 Å². The van der Waals surface area contributed by atoms with Crippen molar-refractivity contribution in [3.05, 3.63) is 62.1 Å². The van der Waals surface area contributed by atoms with Crippen LogP contribution in [0.4, 0.5) is 10.5 Å². The van der Waals surface area contributed by atoms with E-state index in [-0.39, 0.29) is 16.5 Å². The number of amides is 4. The third-order valence-electron chi connectivity index (χ3n) is 4.08. The molecule has 1 aliphatic heterocycles. The van der Waals surface area contributed by atoms with E-state index in [0.29, 0.717) is 28.6 Å². The minimum absolute atomic E-state index is 0.224. The van der Waals surface area contributed by atoms with Crippen molar-refractivity contribution < 1.29 is 19.1 Å². The van der Waals surface area contributed by atoms with Gasteiger partial charge in [-0.25, -0.2) is 9.69 Å². The Morgan fingerprint density at radius 3 is 2.43 bits per heavy atom. The molecule has 30 heavy (non-hydrogen) atoms. The highest BCUT2D eigenvalue weighted by Crippen LogP contribution is 2.35. The molecule has 2 aromatic rings. The average molecular weight is 512 g/mol. The molecule has 1 N–H and O–H groups in total. The lowest BCUT2D eigenvalue weighted by Gasteiger charge is -2.26. The third kappa shape index (κ3) is 4.86. The second-order valence-corrected chi connectivity index (χ2v) is 8.70. The van der Waals surface area contributed by atoms with E-state index >= 15 is 0 Å². The van der Waals surface area contributed by atoms with Crippen LogP contribution in [0.3, 0.4) is 0 Å².